The lowest BCUT2D eigenvalue weighted by atomic mass is 10.2. The zero-order valence-corrected chi connectivity index (χ0v) is 15.3. The van der Waals surface area contributed by atoms with E-state index in [2.05, 4.69) is 9.97 Å². The van der Waals surface area contributed by atoms with E-state index in [1.807, 2.05) is 12.1 Å². The highest BCUT2D eigenvalue weighted by Crippen LogP contribution is 2.27. The number of aromatic amines is 1. The third-order valence-electron chi connectivity index (χ3n) is 3.93. The molecule has 0 amide bonds. The Morgan fingerprint density at radius 1 is 0.926 bits per heavy atom. The summed E-state index contributed by atoms with van der Waals surface area (Å²) >= 11 is 5.86. The monoisotopic (exact) mass is 400 g/mol. The molecular formula is C19H13ClN2O4S. The Labute approximate surface area is 160 Å². The summed E-state index contributed by atoms with van der Waals surface area (Å²) < 4.78 is 37.4. The molecular weight excluding hydrogens is 388 g/mol. The first-order chi connectivity index (χ1) is 12.9. The van der Waals surface area contributed by atoms with Gasteiger partial charge in [0.2, 0.25) is 0 Å². The lowest BCUT2D eigenvalue weighted by molar-refractivity contribution is 0.482. The number of aromatic nitrogens is 2. The molecule has 1 heterocycles. The van der Waals surface area contributed by atoms with Crippen LogP contribution in [0.2, 0.25) is 5.02 Å². The number of hydrogen-bond donors (Lipinski definition) is 2. The van der Waals surface area contributed by atoms with Crippen LogP contribution in [0.4, 0.5) is 0 Å². The zero-order valence-electron chi connectivity index (χ0n) is 13.8. The summed E-state index contributed by atoms with van der Waals surface area (Å²) in [5.74, 6) is 1.91. The van der Waals surface area contributed by atoms with Gasteiger partial charge in [-0.05, 0) is 66.7 Å². The van der Waals surface area contributed by atoms with Crippen LogP contribution in [0.1, 0.15) is 0 Å². The molecule has 0 aliphatic carbocycles. The zero-order chi connectivity index (χ0) is 19.0. The predicted molar refractivity (Wildman–Crippen MR) is 103 cm³/mol. The van der Waals surface area contributed by atoms with Crippen LogP contribution in [-0.4, -0.2) is 22.9 Å². The van der Waals surface area contributed by atoms with E-state index < -0.39 is 10.1 Å². The van der Waals surface area contributed by atoms with Gasteiger partial charge < -0.3 is 9.72 Å². The summed E-state index contributed by atoms with van der Waals surface area (Å²) in [4.78, 5) is 7.32. The van der Waals surface area contributed by atoms with Gasteiger partial charge in [-0.25, -0.2) is 4.98 Å². The fourth-order valence-electron chi connectivity index (χ4n) is 2.61. The van der Waals surface area contributed by atoms with Crippen LogP contribution in [0.25, 0.3) is 22.4 Å². The number of imidazole rings is 1. The van der Waals surface area contributed by atoms with E-state index in [1.54, 1.807) is 36.4 Å². The standard InChI is InChI=1S/C19H13ClN2O4S/c20-13-3-7-15(8-4-13)26-14-5-1-12(2-6-14)19-21-17-10-9-16(27(23,24)25)11-18(17)22-19/h1-11H,(H,21,22)(H,23,24,25). The Morgan fingerprint density at radius 3 is 2.19 bits per heavy atom. The molecule has 4 aromatic rings. The van der Waals surface area contributed by atoms with Gasteiger partial charge in [-0.1, -0.05) is 11.6 Å². The Bertz CT molecular complexity index is 1220. The molecule has 0 bridgehead atoms. The maximum atomic E-state index is 11.3. The molecule has 0 atom stereocenters. The van der Waals surface area contributed by atoms with Crippen molar-refractivity contribution in [1.82, 2.24) is 9.97 Å². The number of nitrogens with zero attached hydrogens (tertiary/aromatic N) is 1. The van der Waals surface area contributed by atoms with Crippen LogP contribution in [0, 0.1) is 0 Å². The number of nitrogens with one attached hydrogen (secondary N) is 1. The highest BCUT2D eigenvalue weighted by Gasteiger charge is 2.12. The second kappa shape index (κ2) is 6.70. The van der Waals surface area contributed by atoms with E-state index in [0.717, 1.165) is 5.56 Å². The molecule has 0 aliphatic heterocycles. The molecule has 0 saturated carbocycles. The van der Waals surface area contributed by atoms with E-state index in [1.165, 1.54) is 18.2 Å². The summed E-state index contributed by atoms with van der Waals surface area (Å²) in [7, 11) is -4.26. The van der Waals surface area contributed by atoms with Crippen molar-refractivity contribution in [3.8, 4) is 22.9 Å². The highest BCUT2D eigenvalue weighted by molar-refractivity contribution is 7.85. The fourth-order valence-corrected chi connectivity index (χ4v) is 3.24. The van der Waals surface area contributed by atoms with Crippen LogP contribution < -0.4 is 4.74 Å². The van der Waals surface area contributed by atoms with Crippen LogP contribution >= 0.6 is 11.6 Å². The quantitative estimate of drug-likeness (QED) is 0.474. The largest absolute Gasteiger partial charge is 0.457 e. The molecule has 0 spiro atoms. The van der Waals surface area contributed by atoms with Crippen molar-refractivity contribution in [3.63, 3.8) is 0 Å². The first-order valence-electron chi connectivity index (χ1n) is 7.90. The third kappa shape index (κ3) is 3.80. The molecule has 0 fully saturated rings. The predicted octanol–water partition coefficient (Wildman–Crippen LogP) is 4.92. The number of H-pyrrole nitrogens is 1. The summed E-state index contributed by atoms with van der Waals surface area (Å²) in [5.41, 5.74) is 1.92. The molecule has 4 rings (SSSR count). The fraction of sp³-hybridized carbons (Fsp3) is 0. The minimum atomic E-state index is -4.26. The summed E-state index contributed by atoms with van der Waals surface area (Å²) in [6.45, 7) is 0. The second-order valence-corrected chi connectivity index (χ2v) is 7.68. The molecule has 0 aliphatic rings. The summed E-state index contributed by atoms with van der Waals surface area (Å²) in [6, 6.07) is 18.5. The molecule has 0 unspecified atom stereocenters. The number of rotatable bonds is 4. The lowest BCUT2D eigenvalue weighted by Crippen LogP contribution is -1.97. The van der Waals surface area contributed by atoms with Crippen molar-refractivity contribution in [2.45, 2.75) is 4.90 Å². The van der Waals surface area contributed by atoms with Crippen molar-refractivity contribution >= 4 is 32.8 Å². The minimum absolute atomic E-state index is 0.183. The van der Waals surface area contributed by atoms with E-state index in [0.29, 0.717) is 33.4 Å². The smallest absolute Gasteiger partial charge is 0.294 e. The summed E-state index contributed by atoms with van der Waals surface area (Å²) in [5, 5.41) is 0.639. The highest BCUT2D eigenvalue weighted by atomic mass is 35.5. The molecule has 2 N–H and O–H groups in total. The van der Waals surface area contributed by atoms with E-state index in [-0.39, 0.29) is 4.90 Å². The van der Waals surface area contributed by atoms with E-state index in [4.69, 9.17) is 20.9 Å². The van der Waals surface area contributed by atoms with Gasteiger partial charge in [-0.3, -0.25) is 4.55 Å². The Kier molecular flexibility index (Phi) is 4.35. The van der Waals surface area contributed by atoms with Gasteiger partial charge in [0.05, 0.1) is 15.9 Å². The molecule has 1 aromatic heterocycles. The molecule has 27 heavy (non-hydrogen) atoms. The Hall–Kier alpha value is -2.87. The second-order valence-electron chi connectivity index (χ2n) is 5.82. The number of hydrogen-bond acceptors (Lipinski definition) is 4. The van der Waals surface area contributed by atoms with Gasteiger partial charge in [-0.2, -0.15) is 8.42 Å². The molecule has 0 radical (unpaired) electrons. The van der Waals surface area contributed by atoms with E-state index in [9.17, 15) is 8.42 Å². The summed E-state index contributed by atoms with van der Waals surface area (Å²) in [6.07, 6.45) is 0. The van der Waals surface area contributed by atoms with Gasteiger partial charge in [0, 0.05) is 10.6 Å². The first-order valence-corrected chi connectivity index (χ1v) is 9.71. The number of ether oxygens (including phenoxy) is 1. The van der Waals surface area contributed by atoms with Crippen LogP contribution in [0.5, 0.6) is 11.5 Å². The maximum Gasteiger partial charge on any atom is 0.294 e. The first kappa shape index (κ1) is 17.5. The molecule has 3 aromatic carbocycles. The van der Waals surface area contributed by atoms with Crippen molar-refractivity contribution < 1.29 is 17.7 Å². The number of benzene rings is 3. The number of halogens is 1. The maximum absolute atomic E-state index is 11.3. The normalized spacial score (nSPS) is 11.6. The van der Waals surface area contributed by atoms with Crippen molar-refractivity contribution in [2.75, 3.05) is 0 Å². The SMILES string of the molecule is O=S(=O)(O)c1ccc2nc(-c3ccc(Oc4ccc(Cl)cc4)cc3)[nH]c2c1. The molecule has 136 valence electrons. The van der Waals surface area contributed by atoms with Gasteiger partial charge >= 0.3 is 0 Å². The average molecular weight is 401 g/mol. The van der Waals surface area contributed by atoms with Crippen molar-refractivity contribution in [1.29, 1.82) is 0 Å². The van der Waals surface area contributed by atoms with Crippen molar-refractivity contribution in [3.05, 3.63) is 71.8 Å². The Balaban J connectivity index is 1.60. The van der Waals surface area contributed by atoms with Crippen LogP contribution in [0.15, 0.2) is 71.6 Å². The molecule has 8 heteroatoms. The number of fused-ring (bicyclic) bond motifs is 1. The van der Waals surface area contributed by atoms with E-state index >= 15 is 0 Å². The van der Waals surface area contributed by atoms with Gasteiger partial charge in [0.25, 0.3) is 10.1 Å². The molecule has 0 saturated heterocycles. The van der Waals surface area contributed by atoms with Gasteiger partial charge in [0.15, 0.2) is 0 Å². The van der Waals surface area contributed by atoms with Crippen molar-refractivity contribution in [2.24, 2.45) is 0 Å². The van der Waals surface area contributed by atoms with Gasteiger partial charge in [0.1, 0.15) is 17.3 Å². The molecule has 6 nitrogen and oxygen atoms in total. The average Bonchev–Trinajstić information content (AvgIpc) is 3.07. The topological polar surface area (TPSA) is 92.3 Å². The Morgan fingerprint density at radius 2 is 1.56 bits per heavy atom. The lowest BCUT2D eigenvalue weighted by Gasteiger charge is -2.06. The van der Waals surface area contributed by atoms with Crippen LogP contribution in [-0.2, 0) is 10.1 Å². The van der Waals surface area contributed by atoms with Gasteiger partial charge in [-0.15, -0.1) is 0 Å². The minimum Gasteiger partial charge on any atom is -0.457 e. The third-order valence-corrected chi connectivity index (χ3v) is 5.03. The van der Waals surface area contributed by atoms with Crippen LogP contribution in [0.3, 0.4) is 0 Å².